The number of hydrogen-bond donors (Lipinski definition) is 2. The number of nitrogens with two attached hydrogens (primary N) is 1. The normalized spacial score (nSPS) is 14.2. The molecular formula is C20H22ClFN4O. The molecule has 7 heteroatoms. The molecule has 1 saturated heterocycles. The monoisotopic (exact) mass is 388 g/mol. The number of fused-ring (bicyclic) bond motifs is 1. The fraction of sp³-hybridized carbons (Fsp3) is 0.250. The Bertz CT molecular complexity index is 966. The average molecular weight is 389 g/mol. The van der Waals surface area contributed by atoms with Crippen LogP contribution in [0.25, 0.3) is 10.9 Å². The predicted molar refractivity (Wildman–Crippen MR) is 108 cm³/mol. The Hall–Kier alpha value is -2.57. The smallest absolute Gasteiger partial charge is 0.265 e. The second kappa shape index (κ2) is 7.98. The summed E-state index contributed by atoms with van der Waals surface area (Å²) in [6, 6.07) is 14.4. The minimum absolute atomic E-state index is 0. The molecule has 27 heavy (non-hydrogen) atoms. The first kappa shape index (κ1) is 19.2. The fourth-order valence-corrected chi connectivity index (χ4v) is 3.62. The summed E-state index contributed by atoms with van der Waals surface area (Å²) in [4.78, 5) is 14.3. The van der Waals surface area contributed by atoms with Crippen molar-refractivity contribution in [1.29, 1.82) is 0 Å². The lowest BCUT2D eigenvalue weighted by Crippen LogP contribution is -2.43. The van der Waals surface area contributed by atoms with Gasteiger partial charge in [-0.2, -0.15) is 0 Å². The molecule has 5 nitrogen and oxygen atoms in total. The maximum absolute atomic E-state index is 14.1. The van der Waals surface area contributed by atoms with Crippen molar-refractivity contribution in [2.24, 2.45) is 5.73 Å². The van der Waals surface area contributed by atoms with Gasteiger partial charge in [0.05, 0.1) is 12.1 Å². The van der Waals surface area contributed by atoms with E-state index < -0.39 is 5.91 Å². The number of nitrogens with one attached hydrogen (secondary N) is 1. The number of benzene rings is 2. The number of nitrogens with zero attached hydrogens (tertiary/aromatic N) is 2. The van der Waals surface area contributed by atoms with E-state index >= 15 is 0 Å². The highest BCUT2D eigenvalue weighted by Crippen LogP contribution is 2.31. The van der Waals surface area contributed by atoms with Gasteiger partial charge in [-0.1, -0.05) is 24.3 Å². The maximum atomic E-state index is 14.1. The van der Waals surface area contributed by atoms with Crippen LogP contribution in [0, 0.1) is 5.82 Å². The third kappa shape index (κ3) is 3.63. The molecule has 3 N–H and O–H groups in total. The molecule has 142 valence electrons. The Morgan fingerprint density at radius 3 is 2.56 bits per heavy atom. The van der Waals surface area contributed by atoms with Crippen molar-refractivity contribution in [3.63, 3.8) is 0 Å². The van der Waals surface area contributed by atoms with Gasteiger partial charge in [-0.3, -0.25) is 4.79 Å². The fourth-order valence-electron chi connectivity index (χ4n) is 3.62. The number of carbonyl (C=O) groups is 1. The number of carbonyl (C=O) groups excluding carboxylic acids is 1. The van der Waals surface area contributed by atoms with Gasteiger partial charge in [-0.05, 0) is 24.3 Å². The summed E-state index contributed by atoms with van der Waals surface area (Å²) in [6.07, 6.45) is 0. The Labute approximate surface area is 163 Å². The molecule has 0 spiro atoms. The van der Waals surface area contributed by atoms with Gasteiger partial charge in [-0.25, -0.2) is 4.39 Å². The van der Waals surface area contributed by atoms with Crippen molar-refractivity contribution in [1.82, 2.24) is 9.88 Å². The van der Waals surface area contributed by atoms with Crippen LogP contribution >= 0.6 is 12.4 Å². The van der Waals surface area contributed by atoms with Crippen LogP contribution in [-0.2, 0) is 6.54 Å². The molecule has 0 atom stereocenters. The van der Waals surface area contributed by atoms with Crippen LogP contribution in [0.15, 0.2) is 48.5 Å². The van der Waals surface area contributed by atoms with Crippen molar-refractivity contribution >= 4 is 34.9 Å². The molecule has 1 aliphatic heterocycles. The number of anilines is 1. The van der Waals surface area contributed by atoms with Gasteiger partial charge in [0.25, 0.3) is 5.91 Å². The molecule has 0 radical (unpaired) electrons. The predicted octanol–water partition coefficient (Wildman–Crippen LogP) is 2.76. The molecule has 0 bridgehead atoms. The van der Waals surface area contributed by atoms with Crippen molar-refractivity contribution in [3.8, 4) is 0 Å². The highest BCUT2D eigenvalue weighted by Gasteiger charge is 2.19. The van der Waals surface area contributed by atoms with E-state index in [-0.39, 0.29) is 24.8 Å². The van der Waals surface area contributed by atoms with Crippen molar-refractivity contribution < 1.29 is 9.18 Å². The van der Waals surface area contributed by atoms with Crippen LogP contribution in [0.3, 0.4) is 0 Å². The lowest BCUT2D eigenvalue weighted by molar-refractivity contribution is 0.0992. The quantitative estimate of drug-likeness (QED) is 0.722. The Kier molecular flexibility index (Phi) is 5.68. The average Bonchev–Trinajstić information content (AvgIpc) is 3.03. The van der Waals surface area contributed by atoms with Crippen LogP contribution in [0.5, 0.6) is 0 Å². The summed E-state index contributed by atoms with van der Waals surface area (Å²) in [6.45, 7) is 3.93. The number of halogens is 2. The van der Waals surface area contributed by atoms with E-state index in [9.17, 15) is 9.18 Å². The first-order valence-electron chi connectivity index (χ1n) is 8.76. The topological polar surface area (TPSA) is 63.3 Å². The van der Waals surface area contributed by atoms with Crippen molar-refractivity contribution in [2.75, 3.05) is 31.1 Å². The van der Waals surface area contributed by atoms with E-state index in [4.69, 9.17) is 5.73 Å². The first-order valence-corrected chi connectivity index (χ1v) is 8.76. The highest BCUT2D eigenvalue weighted by molar-refractivity contribution is 6.02. The highest BCUT2D eigenvalue weighted by atomic mass is 35.5. The number of hydrogen-bond acceptors (Lipinski definition) is 3. The first-order chi connectivity index (χ1) is 12.6. The second-order valence-electron chi connectivity index (χ2n) is 6.52. The summed E-state index contributed by atoms with van der Waals surface area (Å²) >= 11 is 0. The molecule has 0 saturated carbocycles. The van der Waals surface area contributed by atoms with Gasteiger partial charge in [0.2, 0.25) is 0 Å². The summed E-state index contributed by atoms with van der Waals surface area (Å²) in [5.74, 6) is -0.799. The number of primary amides is 1. The summed E-state index contributed by atoms with van der Waals surface area (Å²) in [5, 5.41) is 4.32. The van der Waals surface area contributed by atoms with E-state index in [1.165, 1.54) is 6.07 Å². The van der Waals surface area contributed by atoms with Gasteiger partial charge in [-0.15, -0.1) is 12.4 Å². The summed E-state index contributed by atoms with van der Waals surface area (Å²) in [5.41, 5.74) is 8.51. The third-order valence-electron chi connectivity index (χ3n) is 4.92. The number of amides is 1. The van der Waals surface area contributed by atoms with E-state index in [0.29, 0.717) is 11.3 Å². The largest absolute Gasteiger partial charge is 0.368 e. The SMILES string of the molecule is Cl.NC(=O)c1cc2c(N3CCNCC3)cccc2n1Cc1ccccc1F. The minimum atomic E-state index is -0.510. The Balaban J connectivity index is 0.00000210. The molecular weight excluding hydrogens is 367 g/mol. The maximum Gasteiger partial charge on any atom is 0.265 e. The van der Waals surface area contributed by atoms with Gasteiger partial charge >= 0.3 is 0 Å². The summed E-state index contributed by atoms with van der Waals surface area (Å²) < 4.78 is 15.9. The lowest BCUT2D eigenvalue weighted by Gasteiger charge is -2.30. The molecule has 1 amide bonds. The van der Waals surface area contributed by atoms with Gasteiger partial charge < -0.3 is 20.5 Å². The zero-order valence-corrected chi connectivity index (χ0v) is 15.6. The summed E-state index contributed by atoms with van der Waals surface area (Å²) in [7, 11) is 0. The van der Waals surface area contributed by atoms with Crippen molar-refractivity contribution in [3.05, 3.63) is 65.6 Å². The van der Waals surface area contributed by atoms with E-state index in [0.717, 1.165) is 42.8 Å². The standard InChI is InChI=1S/C20H21FN4O.ClH/c21-16-5-2-1-4-14(16)13-25-18-7-3-6-17(24-10-8-23-9-11-24)15(18)12-19(25)20(22)26;/h1-7,12,23H,8-11,13H2,(H2,22,26);1H. The molecule has 2 heterocycles. The van der Waals surface area contributed by atoms with Crippen LogP contribution in [0.1, 0.15) is 16.1 Å². The van der Waals surface area contributed by atoms with Crippen molar-refractivity contribution in [2.45, 2.75) is 6.54 Å². The second-order valence-corrected chi connectivity index (χ2v) is 6.52. The van der Waals surface area contributed by atoms with Gasteiger partial charge in [0, 0.05) is 42.8 Å². The zero-order chi connectivity index (χ0) is 18.1. The van der Waals surface area contributed by atoms with Gasteiger partial charge in [0.15, 0.2) is 0 Å². The molecule has 0 unspecified atom stereocenters. The van der Waals surface area contributed by atoms with E-state index in [1.807, 2.05) is 22.8 Å². The lowest BCUT2D eigenvalue weighted by atomic mass is 10.1. The number of piperazine rings is 1. The van der Waals surface area contributed by atoms with Crippen LogP contribution in [0.4, 0.5) is 10.1 Å². The molecule has 1 aliphatic rings. The van der Waals surface area contributed by atoms with Crippen LogP contribution in [-0.4, -0.2) is 36.7 Å². The molecule has 4 rings (SSSR count). The number of rotatable bonds is 4. The Morgan fingerprint density at radius 1 is 1.11 bits per heavy atom. The number of aromatic nitrogens is 1. The molecule has 1 fully saturated rings. The zero-order valence-electron chi connectivity index (χ0n) is 14.8. The third-order valence-corrected chi connectivity index (χ3v) is 4.92. The molecule has 2 aromatic carbocycles. The van der Waals surface area contributed by atoms with E-state index in [2.05, 4.69) is 16.3 Å². The van der Waals surface area contributed by atoms with E-state index in [1.54, 1.807) is 18.2 Å². The Morgan fingerprint density at radius 2 is 1.85 bits per heavy atom. The van der Waals surface area contributed by atoms with Gasteiger partial charge in [0.1, 0.15) is 11.5 Å². The molecule has 1 aromatic heterocycles. The molecule has 0 aliphatic carbocycles. The van der Waals surface area contributed by atoms with Crippen LogP contribution in [0.2, 0.25) is 0 Å². The minimum Gasteiger partial charge on any atom is -0.368 e. The van der Waals surface area contributed by atoms with Crippen LogP contribution < -0.4 is 16.0 Å². The molecule has 3 aromatic rings.